The van der Waals surface area contributed by atoms with Gasteiger partial charge in [0.05, 0.1) is 6.20 Å². The lowest BCUT2D eigenvalue weighted by Gasteiger charge is -2.36. The molecule has 134 valence electrons. The van der Waals surface area contributed by atoms with Gasteiger partial charge in [-0.1, -0.05) is 29.8 Å². The number of aryl methyl sites for hydroxylation is 1. The molecule has 0 amide bonds. The fourth-order valence-corrected chi connectivity index (χ4v) is 3.39. The topological polar surface area (TPSA) is 36.3 Å². The highest BCUT2D eigenvalue weighted by Crippen LogP contribution is 2.17. The maximum Gasteiger partial charge on any atom is 0.169 e. The predicted molar refractivity (Wildman–Crippen MR) is 106 cm³/mol. The lowest BCUT2D eigenvalue weighted by molar-refractivity contribution is 0.174. The summed E-state index contributed by atoms with van der Waals surface area (Å²) in [5, 5.41) is 9.29. The van der Waals surface area contributed by atoms with Gasteiger partial charge in [-0.2, -0.15) is 5.10 Å². The quantitative estimate of drug-likeness (QED) is 0.811. The molecule has 7 heteroatoms. The average molecular weight is 378 g/mol. The molecule has 5 nitrogen and oxygen atoms in total. The standard InChI is InChI=1S/C18H24ClN5S/c1-2-24-13-15(12-21-24)11-20-18(25)23-9-7-22(8-10-23)14-16-5-3-4-6-17(16)19/h3-6,12-13H,2,7-11,14H2,1H3,(H,20,25). The Morgan fingerprint density at radius 1 is 1.24 bits per heavy atom. The summed E-state index contributed by atoms with van der Waals surface area (Å²) in [5.74, 6) is 0. The molecule has 1 fully saturated rings. The molecule has 0 unspecified atom stereocenters. The maximum absolute atomic E-state index is 6.26. The third kappa shape index (κ3) is 4.93. The minimum absolute atomic E-state index is 0.721. The molecule has 0 aliphatic carbocycles. The molecule has 3 rings (SSSR count). The largest absolute Gasteiger partial charge is 0.358 e. The van der Waals surface area contributed by atoms with Gasteiger partial charge in [-0.25, -0.2) is 0 Å². The molecule has 1 aliphatic heterocycles. The van der Waals surface area contributed by atoms with Crippen molar-refractivity contribution in [1.29, 1.82) is 0 Å². The summed E-state index contributed by atoms with van der Waals surface area (Å²) in [4.78, 5) is 4.66. The van der Waals surface area contributed by atoms with Gasteiger partial charge in [0.15, 0.2) is 5.11 Å². The van der Waals surface area contributed by atoms with Gasteiger partial charge >= 0.3 is 0 Å². The van der Waals surface area contributed by atoms with Crippen molar-refractivity contribution in [3.8, 4) is 0 Å². The molecule has 1 saturated heterocycles. The van der Waals surface area contributed by atoms with Gasteiger partial charge in [-0.3, -0.25) is 9.58 Å². The van der Waals surface area contributed by atoms with Gasteiger partial charge in [-0.15, -0.1) is 0 Å². The van der Waals surface area contributed by atoms with Crippen molar-refractivity contribution < 1.29 is 0 Å². The zero-order valence-corrected chi connectivity index (χ0v) is 16.1. The summed E-state index contributed by atoms with van der Waals surface area (Å²) in [6.07, 6.45) is 3.94. The Bertz CT molecular complexity index is 709. The Hall–Kier alpha value is -1.63. The van der Waals surface area contributed by atoms with E-state index in [4.69, 9.17) is 23.8 Å². The second kappa shape index (κ2) is 8.65. The molecular weight excluding hydrogens is 354 g/mol. The van der Waals surface area contributed by atoms with Gasteiger partial charge < -0.3 is 10.2 Å². The number of benzene rings is 1. The van der Waals surface area contributed by atoms with E-state index in [1.54, 1.807) is 0 Å². The van der Waals surface area contributed by atoms with Crippen LogP contribution in [0.25, 0.3) is 0 Å². The summed E-state index contributed by atoms with van der Waals surface area (Å²) in [7, 11) is 0. The van der Waals surface area contributed by atoms with Crippen molar-refractivity contribution in [2.24, 2.45) is 0 Å². The summed E-state index contributed by atoms with van der Waals surface area (Å²) in [6.45, 7) is 8.42. The molecule has 0 radical (unpaired) electrons. The Morgan fingerprint density at radius 2 is 2.00 bits per heavy atom. The normalized spacial score (nSPS) is 15.4. The van der Waals surface area contributed by atoms with E-state index in [0.717, 1.165) is 61.5 Å². The highest BCUT2D eigenvalue weighted by molar-refractivity contribution is 7.80. The molecule has 25 heavy (non-hydrogen) atoms. The molecule has 1 aliphatic rings. The Balaban J connectivity index is 1.43. The van der Waals surface area contributed by atoms with E-state index in [0.29, 0.717) is 0 Å². The van der Waals surface area contributed by atoms with Crippen LogP contribution in [-0.4, -0.2) is 50.9 Å². The predicted octanol–water partition coefficient (Wildman–Crippen LogP) is 2.75. The van der Waals surface area contributed by atoms with Crippen LogP contribution in [0.2, 0.25) is 5.02 Å². The van der Waals surface area contributed by atoms with Crippen LogP contribution in [0.1, 0.15) is 18.1 Å². The zero-order chi connectivity index (χ0) is 17.6. The van der Waals surface area contributed by atoms with Gasteiger partial charge in [0, 0.05) is 62.6 Å². The van der Waals surface area contributed by atoms with E-state index in [-0.39, 0.29) is 0 Å². The highest BCUT2D eigenvalue weighted by Gasteiger charge is 2.19. The second-order valence-corrected chi connectivity index (χ2v) is 7.01. The van der Waals surface area contributed by atoms with Crippen molar-refractivity contribution >= 4 is 28.9 Å². The first kappa shape index (κ1) is 18.2. The van der Waals surface area contributed by atoms with Crippen LogP contribution in [0.5, 0.6) is 0 Å². The van der Waals surface area contributed by atoms with Gasteiger partial charge in [0.1, 0.15) is 0 Å². The van der Waals surface area contributed by atoms with E-state index in [1.807, 2.05) is 29.1 Å². The SMILES string of the molecule is CCn1cc(CNC(=S)N2CCN(Cc3ccccc3Cl)CC2)cn1. The summed E-state index contributed by atoms with van der Waals surface area (Å²) in [6, 6.07) is 8.06. The van der Waals surface area contributed by atoms with E-state index in [2.05, 4.69) is 39.4 Å². The lowest BCUT2D eigenvalue weighted by atomic mass is 10.2. The Kier molecular flexibility index (Phi) is 6.29. The number of hydrogen-bond acceptors (Lipinski definition) is 3. The van der Waals surface area contributed by atoms with Crippen LogP contribution >= 0.6 is 23.8 Å². The Labute approximate surface area is 159 Å². The third-order valence-corrected chi connectivity index (χ3v) is 5.24. The minimum atomic E-state index is 0.721. The number of rotatable bonds is 5. The lowest BCUT2D eigenvalue weighted by Crippen LogP contribution is -2.51. The van der Waals surface area contributed by atoms with Crippen LogP contribution in [0.3, 0.4) is 0 Å². The third-order valence-electron chi connectivity index (χ3n) is 4.47. The first-order valence-electron chi connectivity index (χ1n) is 8.65. The first-order valence-corrected chi connectivity index (χ1v) is 9.44. The van der Waals surface area contributed by atoms with Gasteiger partial charge in [-0.05, 0) is 30.8 Å². The minimum Gasteiger partial charge on any atom is -0.358 e. The number of aromatic nitrogens is 2. The van der Waals surface area contributed by atoms with E-state index in [9.17, 15) is 0 Å². The maximum atomic E-state index is 6.26. The number of halogens is 1. The van der Waals surface area contributed by atoms with Crippen LogP contribution < -0.4 is 5.32 Å². The molecule has 0 saturated carbocycles. The molecule has 2 aromatic rings. The molecule has 2 heterocycles. The second-order valence-electron chi connectivity index (χ2n) is 6.22. The van der Waals surface area contributed by atoms with Crippen LogP contribution in [0.15, 0.2) is 36.7 Å². The van der Waals surface area contributed by atoms with Crippen LogP contribution in [-0.2, 0) is 19.6 Å². The number of thiocarbonyl (C=S) groups is 1. The van der Waals surface area contributed by atoms with Crippen LogP contribution in [0, 0.1) is 0 Å². The molecule has 0 atom stereocenters. The number of nitrogens with zero attached hydrogens (tertiary/aromatic N) is 4. The first-order chi connectivity index (χ1) is 12.2. The van der Waals surface area contributed by atoms with Crippen molar-refractivity contribution in [1.82, 2.24) is 24.9 Å². The van der Waals surface area contributed by atoms with Crippen molar-refractivity contribution in [2.75, 3.05) is 26.2 Å². The Morgan fingerprint density at radius 3 is 2.68 bits per heavy atom. The number of nitrogens with one attached hydrogen (secondary N) is 1. The highest BCUT2D eigenvalue weighted by atomic mass is 35.5. The van der Waals surface area contributed by atoms with Crippen molar-refractivity contribution in [3.63, 3.8) is 0 Å². The van der Waals surface area contributed by atoms with Gasteiger partial charge in [0.2, 0.25) is 0 Å². The fourth-order valence-electron chi connectivity index (χ4n) is 2.94. The molecular formula is C18H24ClN5S. The molecule has 1 aromatic heterocycles. The molecule has 0 bridgehead atoms. The van der Waals surface area contributed by atoms with E-state index in [1.165, 1.54) is 5.56 Å². The van der Waals surface area contributed by atoms with Crippen LogP contribution in [0.4, 0.5) is 0 Å². The smallest absolute Gasteiger partial charge is 0.169 e. The van der Waals surface area contributed by atoms with Crippen molar-refractivity contribution in [3.05, 3.63) is 52.8 Å². The fraction of sp³-hybridized carbons (Fsp3) is 0.444. The number of hydrogen-bond donors (Lipinski definition) is 1. The molecule has 1 N–H and O–H groups in total. The number of piperazine rings is 1. The summed E-state index contributed by atoms with van der Waals surface area (Å²) < 4.78 is 1.92. The molecule has 1 aromatic carbocycles. The van der Waals surface area contributed by atoms with E-state index >= 15 is 0 Å². The van der Waals surface area contributed by atoms with E-state index < -0.39 is 0 Å². The zero-order valence-electron chi connectivity index (χ0n) is 14.5. The monoisotopic (exact) mass is 377 g/mol. The van der Waals surface area contributed by atoms with Crippen molar-refractivity contribution in [2.45, 2.75) is 26.6 Å². The van der Waals surface area contributed by atoms with Gasteiger partial charge in [0.25, 0.3) is 0 Å². The molecule has 0 spiro atoms. The summed E-state index contributed by atoms with van der Waals surface area (Å²) in [5.41, 5.74) is 2.34. The average Bonchev–Trinajstić information content (AvgIpc) is 3.10. The summed E-state index contributed by atoms with van der Waals surface area (Å²) >= 11 is 11.8.